The second-order valence-electron chi connectivity index (χ2n) is 9.07. The molecule has 0 N–H and O–H groups in total. The summed E-state index contributed by atoms with van der Waals surface area (Å²) in [4.78, 5) is 9.89. The molecule has 6 rings (SSSR count). The van der Waals surface area contributed by atoms with Crippen LogP contribution in [0.15, 0.2) is 96.3 Å². The number of benzene rings is 3. The summed E-state index contributed by atoms with van der Waals surface area (Å²) in [7, 11) is -0.484. The van der Waals surface area contributed by atoms with Gasteiger partial charge in [-0.2, -0.15) is 0 Å². The van der Waals surface area contributed by atoms with Crippen molar-refractivity contribution < 1.29 is 8.42 Å². The van der Waals surface area contributed by atoms with Gasteiger partial charge in [-0.25, -0.2) is 27.2 Å². The van der Waals surface area contributed by atoms with Crippen LogP contribution >= 0.6 is 0 Å². The Morgan fingerprint density at radius 3 is 2.19 bits per heavy atom. The van der Waals surface area contributed by atoms with Gasteiger partial charge in [-0.3, -0.25) is 0 Å². The molecule has 0 spiro atoms. The van der Waals surface area contributed by atoms with Gasteiger partial charge in [0.1, 0.15) is 6.33 Å². The van der Waals surface area contributed by atoms with Crippen LogP contribution in [-0.2, 0) is 10.0 Å². The van der Waals surface area contributed by atoms with E-state index in [1.807, 2.05) is 53.2 Å². The van der Waals surface area contributed by atoms with Gasteiger partial charge in [-0.15, -0.1) is 5.10 Å². The molecule has 8 nitrogen and oxygen atoms in total. The van der Waals surface area contributed by atoms with Gasteiger partial charge in [0.25, 0.3) is 0 Å². The minimum atomic E-state index is -3.53. The minimum absolute atomic E-state index is 0.237. The quantitative estimate of drug-likeness (QED) is 0.329. The van der Waals surface area contributed by atoms with Crippen LogP contribution in [0.3, 0.4) is 0 Å². The molecule has 0 radical (unpaired) electrons. The summed E-state index contributed by atoms with van der Waals surface area (Å²) in [5.41, 5.74) is 6.20. The Morgan fingerprint density at radius 2 is 1.51 bits per heavy atom. The molecule has 0 unspecified atom stereocenters. The second kappa shape index (κ2) is 8.65. The van der Waals surface area contributed by atoms with Crippen molar-refractivity contribution in [3.05, 3.63) is 97.0 Å². The number of fused-ring (bicyclic) bond motifs is 3. The summed E-state index contributed by atoms with van der Waals surface area (Å²) in [6.07, 6.45) is 3.70. The van der Waals surface area contributed by atoms with Crippen molar-refractivity contribution in [2.24, 2.45) is 0 Å². The van der Waals surface area contributed by atoms with E-state index in [1.165, 1.54) is 24.0 Å². The zero-order valence-electron chi connectivity index (χ0n) is 20.6. The van der Waals surface area contributed by atoms with Gasteiger partial charge in [0.2, 0.25) is 10.0 Å². The van der Waals surface area contributed by atoms with Gasteiger partial charge in [0.05, 0.1) is 10.3 Å². The first-order chi connectivity index (χ1) is 17.8. The third kappa shape index (κ3) is 3.89. The number of aromatic nitrogens is 5. The van der Waals surface area contributed by atoms with Crippen molar-refractivity contribution >= 4 is 26.7 Å². The molecule has 0 aliphatic heterocycles. The van der Waals surface area contributed by atoms with Gasteiger partial charge in [-0.05, 0) is 36.8 Å². The number of rotatable bonds is 5. The predicted octanol–water partition coefficient (Wildman–Crippen LogP) is 4.96. The highest BCUT2D eigenvalue weighted by Crippen LogP contribution is 2.35. The SMILES string of the molecule is Cc1ccc(-n2cc(-c3ccc(S(=O)(=O)N(C)C)cc3)c3c2ncn2nc(-c4ccccc4)nc32)cc1. The number of aryl methyl sites for hydroxylation is 1. The maximum atomic E-state index is 12.6. The fourth-order valence-corrected chi connectivity index (χ4v) is 5.28. The molecule has 0 fully saturated rings. The van der Waals surface area contributed by atoms with E-state index >= 15 is 0 Å². The van der Waals surface area contributed by atoms with Crippen molar-refractivity contribution in [1.82, 2.24) is 28.5 Å². The summed E-state index contributed by atoms with van der Waals surface area (Å²) in [6.45, 7) is 2.05. The van der Waals surface area contributed by atoms with Crippen LogP contribution in [0.5, 0.6) is 0 Å². The van der Waals surface area contributed by atoms with Crippen LogP contribution < -0.4 is 0 Å². The molecule has 0 saturated heterocycles. The first-order valence-corrected chi connectivity index (χ1v) is 13.2. The summed E-state index contributed by atoms with van der Waals surface area (Å²) >= 11 is 0. The smallest absolute Gasteiger partial charge is 0.242 e. The van der Waals surface area contributed by atoms with E-state index in [9.17, 15) is 8.42 Å². The summed E-state index contributed by atoms with van der Waals surface area (Å²) in [5, 5.41) is 5.51. The van der Waals surface area contributed by atoms with E-state index in [2.05, 4.69) is 36.3 Å². The molecular weight excluding hydrogens is 484 g/mol. The van der Waals surface area contributed by atoms with E-state index < -0.39 is 10.0 Å². The fourth-order valence-electron chi connectivity index (χ4n) is 4.37. The molecule has 0 amide bonds. The maximum absolute atomic E-state index is 12.6. The lowest BCUT2D eigenvalue weighted by molar-refractivity contribution is 0.521. The Labute approximate surface area is 214 Å². The molecule has 9 heteroatoms. The first kappa shape index (κ1) is 23.1. The highest BCUT2D eigenvalue weighted by molar-refractivity contribution is 7.89. The molecule has 37 heavy (non-hydrogen) atoms. The molecule has 3 aromatic heterocycles. The van der Waals surface area contributed by atoms with Crippen LogP contribution in [0.1, 0.15) is 5.56 Å². The Morgan fingerprint density at radius 1 is 0.811 bits per heavy atom. The monoisotopic (exact) mass is 508 g/mol. The topological polar surface area (TPSA) is 85.4 Å². The lowest BCUT2D eigenvalue weighted by Gasteiger charge is -2.11. The highest BCUT2D eigenvalue weighted by Gasteiger charge is 2.21. The average molecular weight is 509 g/mol. The number of nitrogens with zero attached hydrogens (tertiary/aromatic N) is 6. The Bertz CT molecular complexity index is 1850. The van der Waals surface area contributed by atoms with E-state index in [0.29, 0.717) is 11.5 Å². The highest BCUT2D eigenvalue weighted by atomic mass is 32.2. The van der Waals surface area contributed by atoms with Crippen molar-refractivity contribution in [2.75, 3.05) is 14.1 Å². The minimum Gasteiger partial charge on any atom is -0.301 e. The van der Waals surface area contributed by atoms with Crippen molar-refractivity contribution in [3.63, 3.8) is 0 Å². The van der Waals surface area contributed by atoms with Crippen LogP contribution in [0.2, 0.25) is 0 Å². The van der Waals surface area contributed by atoms with Gasteiger partial charge in [-0.1, -0.05) is 60.2 Å². The summed E-state index contributed by atoms with van der Waals surface area (Å²) < 4.78 is 30.2. The molecule has 0 aliphatic carbocycles. The van der Waals surface area contributed by atoms with E-state index in [-0.39, 0.29) is 4.90 Å². The molecule has 3 heterocycles. The van der Waals surface area contributed by atoms with Crippen molar-refractivity contribution in [1.29, 1.82) is 0 Å². The molecule has 0 saturated carbocycles. The first-order valence-electron chi connectivity index (χ1n) is 11.7. The second-order valence-corrected chi connectivity index (χ2v) is 11.2. The number of hydrogen-bond acceptors (Lipinski definition) is 5. The van der Waals surface area contributed by atoms with Gasteiger partial charge < -0.3 is 4.57 Å². The molecule has 0 atom stereocenters. The number of hydrogen-bond donors (Lipinski definition) is 0. The molecule has 0 bridgehead atoms. The van der Waals surface area contributed by atoms with Crippen molar-refractivity contribution in [3.8, 4) is 28.2 Å². The van der Waals surface area contributed by atoms with E-state index in [1.54, 1.807) is 23.0 Å². The molecule has 3 aromatic carbocycles. The fraction of sp³-hybridized carbons (Fsp3) is 0.107. The third-order valence-electron chi connectivity index (χ3n) is 6.41. The van der Waals surface area contributed by atoms with Gasteiger partial charge in [0, 0.05) is 37.1 Å². The molecule has 184 valence electrons. The van der Waals surface area contributed by atoms with Crippen molar-refractivity contribution in [2.45, 2.75) is 11.8 Å². The predicted molar refractivity (Wildman–Crippen MR) is 144 cm³/mol. The largest absolute Gasteiger partial charge is 0.301 e. The molecule has 6 aromatic rings. The standard InChI is InChI=1S/C28H24N6O2S/c1-19-9-13-22(14-10-19)33-17-24(20-11-15-23(16-12-20)37(35,36)32(2)3)25-27(33)29-18-34-28(25)30-26(31-34)21-7-5-4-6-8-21/h4-18H,1-3H3. The van der Waals surface area contributed by atoms with Crippen LogP contribution in [0, 0.1) is 6.92 Å². The Balaban J connectivity index is 1.60. The summed E-state index contributed by atoms with van der Waals surface area (Å²) in [6, 6.07) is 24.9. The third-order valence-corrected chi connectivity index (χ3v) is 8.24. The average Bonchev–Trinajstić information content (AvgIpc) is 3.52. The lowest BCUT2D eigenvalue weighted by atomic mass is 10.1. The normalized spacial score (nSPS) is 12.1. The maximum Gasteiger partial charge on any atom is 0.242 e. The number of sulfonamides is 1. The van der Waals surface area contributed by atoms with E-state index in [0.717, 1.165) is 33.4 Å². The Kier molecular flexibility index (Phi) is 5.40. The van der Waals surface area contributed by atoms with Crippen LogP contribution in [-0.4, -0.2) is 51.0 Å². The molecule has 0 aliphatic rings. The van der Waals surface area contributed by atoms with E-state index in [4.69, 9.17) is 9.97 Å². The molecular formula is C28H24N6O2S. The lowest BCUT2D eigenvalue weighted by Crippen LogP contribution is -2.22. The summed E-state index contributed by atoms with van der Waals surface area (Å²) in [5.74, 6) is 0.608. The zero-order valence-corrected chi connectivity index (χ0v) is 21.4. The van der Waals surface area contributed by atoms with Gasteiger partial charge in [0.15, 0.2) is 17.1 Å². The van der Waals surface area contributed by atoms with Gasteiger partial charge >= 0.3 is 0 Å². The van der Waals surface area contributed by atoms with Crippen LogP contribution in [0.4, 0.5) is 0 Å². The zero-order chi connectivity index (χ0) is 25.7. The Hall–Kier alpha value is -4.34. The van der Waals surface area contributed by atoms with Crippen LogP contribution in [0.25, 0.3) is 44.9 Å².